The number of benzene rings is 9. The number of hydrogen-bond acceptors (Lipinski definition) is 2. The fraction of sp³-hybridized carbons (Fsp3) is 0.167. The van der Waals surface area contributed by atoms with E-state index in [0.717, 1.165) is 96.0 Å². The molecule has 3 heterocycles. The molecule has 0 N–H and O–H groups in total. The van der Waals surface area contributed by atoms with E-state index in [-0.39, 0.29) is 55.0 Å². The molecule has 0 amide bonds. The summed E-state index contributed by atoms with van der Waals surface area (Å²) in [6.45, 7) is 16.0. The first-order chi connectivity index (χ1) is 39.4. The van der Waals surface area contributed by atoms with Crippen molar-refractivity contribution in [1.82, 2.24) is 14.1 Å². The maximum atomic E-state index is 9.58. The van der Waals surface area contributed by atoms with Crippen LogP contribution in [0.3, 0.4) is 0 Å². The Morgan fingerprint density at radius 2 is 1.19 bits per heavy atom. The van der Waals surface area contributed by atoms with Crippen LogP contribution in [0, 0.1) is 18.5 Å². The molecule has 6 heteroatoms. The molecule has 0 spiro atoms. The van der Waals surface area contributed by atoms with Crippen LogP contribution in [0.2, 0.25) is 0 Å². The van der Waals surface area contributed by atoms with Gasteiger partial charge < -0.3 is 13.9 Å². The quantitative estimate of drug-likeness (QED) is 0.123. The number of rotatable bonds is 6. The molecule has 0 saturated heterocycles. The van der Waals surface area contributed by atoms with Gasteiger partial charge in [0.05, 0.1) is 23.6 Å². The van der Waals surface area contributed by atoms with Crippen LogP contribution in [0.25, 0.3) is 106 Å². The zero-order chi connectivity index (χ0) is 56.7. The van der Waals surface area contributed by atoms with Crippen molar-refractivity contribution in [3.05, 3.63) is 235 Å². The minimum atomic E-state index is -0.449. The van der Waals surface area contributed by atoms with Crippen molar-refractivity contribution < 1.29 is 37.2 Å². The van der Waals surface area contributed by atoms with Gasteiger partial charge in [-0.2, -0.15) is 18.2 Å². The Morgan fingerprint density at radius 3 is 1.91 bits per heavy atom. The van der Waals surface area contributed by atoms with Crippen molar-refractivity contribution in [2.45, 2.75) is 77.6 Å². The molecule has 0 bridgehead atoms. The van der Waals surface area contributed by atoms with E-state index in [0.29, 0.717) is 28.4 Å². The Labute approximate surface area is 478 Å². The molecule has 14 rings (SSSR count). The van der Waals surface area contributed by atoms with E-state index < -0.39 is 18.1 Å². The van der Waals surface area contributed by atoms with Gasteiger partial charge in [-0.1, -0.05) is 193 Å². The fourth-order valence-corrected chi connectivity index (χ4v) is 12.2. The number of aromatic nitrogens is 4. The molecule has 0 unspecified atom stereocenters. The third-order valence-corrected chi connectivity index (χ3v) is 16.3. The van der Waals surface area contributed by atoms with Crippen molar-refractivity contribution in [3.8, 4) is 84.3 Å². The normalized spacial score (nSPS) is 15.0. The van der Waals surface area contributed by atoms with Crippen LogP contribution in [0.5, 0.6) is 11.5 Å². The number of nitrogens with zero attached hydrogens (tertiary/aromatic N) is 4. The smallest absolute Gasteiger partial charge is 0.268 e. The molecule has 0 aliphatic heterocycles. The predicted molar refractivity (Wildman–Crippen MR) is 315 cm³/mol. The van der Waals surface area contributed by atoms with Crippen LogP contribution in [0.15, 0.2) is 200 Å². The Hall–Kier alpha value is -8.11. The zero-order valence-corrected chi connectivity index (χ0v) is 46.9. The van der Waals surface area contributed by atoms with Gasteiger partial charge in [-0.05, 0) is 131 Å². The number of imidazole rings is 1. The Balaban J connectivity index is 0.00000645. The SMILES string of the molecule is [2H]c1c([2H])c([2H])c(-c2ccc3c(c2-[n+]2[c-]n(-c4[c-]c(Oc5[c-]c6c(cc5)c5ccccc5n6-c5cc(C(C)(C)C)ccn5)ccc4)c4ccccc42)-c2cc4c(cc2-c2ccccc2-c2ccccc2-3)C(C)(C)CCC4(C)C)c([2H])c1[2H].[Pt]. The molecule has 384 valence electrons. The van der Waals surface area contributed by atoms with Crippen molar-refractivity contribution in [2.24, 2.45) is 0 Å². The summed E-state index contributed by atoms with van der Waals surface area (Å²) in [5.74, 6) is 1.77. The van der Waals surface area contributed by atoms with Crippen molar-refractivity contribution >= 4 is 32.8 Å². The molecule has 9 aromatic carbocycles. The molecule has 0 saturated carbocycles. The molecular weight excluding hydrogens is 1130 g/mol. The number of fused-ring (bicyclic) bond motifs is 13. The van der Waals surface area contributed by atoms with Crippen molar-refractivity contribution in [2.75, 3.05) is 0 Å². The van der Waals surface area contributed by atoms with E-state index >= 15 is 0 Å². The summed E-state index contributed by atoms with van der Waals surface area (Å²) in [5, 5.41) is 2.12. The van der Waals surface area contributed by atoms with Gasteiger partial charge in [-0.15, -0.1) is 29.7 Å². The molecule has 0 radical (unpaired) electrons. The van der Waals surface area contributed by atoms with Gasteiger partial charge in [-0.3, -0.25) is 4.57 Å². The Kier molecular flexibility index (Phi) is 10.4. The summed E-state index contributed by atoms with van der Waals surface area (Å²) in [4.78, 5) is 4.88. The second-order valence-corrected chi connectivity index (χ2v) is 23.0. The zero-order valence-electron chi connectivity index (χ0n) is 49.6. The molecule has 2 aliphatic carbocycles. The standard InChI is InChI=1S/C72H58N4O.Pt/c1-70(2,3)47-36-39-73-67(40-47)76-63-29-16-15-28-56(63)57-33-32-50(42-66(57)76)77-49-23-19-22-48(41-49)74-45-75(65-31-18-17-30-64(65)74)69-51(46-20-9-8-10-21-46)34-35-58-54-26-13-11-24-52(54)53-25-12-14-27-55(53)59-43-61-62(44-60(59)68(58)69)72(6,7)38-37-71(61,4)5;/h8-36,39-40,43-44H,37-38H2,1-7H3;/q-2;/i8D,9D,10D,20D,21D;. The number of ether oxygens (including phenoxy) is 1. The summed E-state index contributed by atoms with van der Waals surface area (Å²) in [5.41, 5.74) is 16.8. The van der Waals surface area contributed by atoms with E-state index in [1.54, 1.807) is 0 Å². The minimum absolute atomic E-state index is 0. The maximum absolute atomic E-state index is 9.58. The molecule has 3 aromatic heterocycles. The van der Waals surface area contributed by atoms with Gasteiger partial charge in [0.1, 0.15) is 5.82 Å². The molecule has 12 aromatic rings. The van der Waals surface area contributed by atoms with Crippen LogP contribution in [0.4, 0.5) is 0 Å². The average molecular weight is 1200 g/mol. The average Bonchev–Trinajstić information content (AvgIpc) is 2.61. The molecular formula is C72H58N4OPt-2. The maximum Gasteiger partial charge on any atom is 0.268 e. The van der Waals surface area contributed by atoms with Gasteiger partial charge in [0.25, 0.3) is 6.33 Å². The first-order valence-corrected chi connectivity index (χ1v) is 26.6. The van der Waals surface area contributed by atoms with Crippen LogP contribution in [-0.2, 0) is 37.3 Å². The number of pyridine rings is 1. The summed E-state index contributed by atoms with van der Waals surface area (Å²) >= 11 is 0. The third kappa shape index (κ3) is 8.00. The molecule has 2 aliphatic rings. The summed E-state index contributed by atoms with van der Waals surface area (Å²) < 4.78 is 58.9. The number of hydrogen-bond donors (Lipinski definition) is 0. The van der Waals surface area contributed by atoms with Crippen molar-refractivity contribution in [1.29, 1.82) is 0 Å². The summed E-state index contributed by atoms with van der Waals surface area (Å²) in [7, 11) is 0. The second kappa shape index (κ2) is 18.5. The largest absolute Gasteiger partial charge is 0.510 e. The summed E-state index contributed by atoms with van der Waals surface area (Å²) in [6, 6.07) is 61.9. The topological polar surface area (TPSA) is 35.9 Å². The van der Waals surface area contributed by atoms with Crippen LogP contribution < -0.4 is 9.30 Å². The van der Waals surface area contributed by atoms with Crippen molar-refractivity contribution in [3.63, 3.8) is 0 Å². The van der Waals surface area contributed by atoms with Crippen LogP contribution in [-0.4, -0.2) is 14.1 Å². The fourth-order valence-electron chi connectivity index (χ4n) is 12.2. The van der Waals surface area contributed by atoms with Gasteiger partial charge >= 0.3 is 0 Å². The Morgan fingerprint density at radius 1 is 0.577 bits per heavy atom. The number of para-hydroxylation sites is 3. The van der Waals surface area contributed by atoms with Crippen LogP contribution in [0.1, 0.15) is 84.9 Å². The first-order valence-electron chi connectivity index (χ1n) is 29.1. The summed E-state index contributed by atoms with van der Waals surface area (Å²) in [6.07, 6.45) is 7.72. The van der Waals surface area contributed by atoms with Gasteiger partial charge in [0.15, 0.2) is 0 Å². The van der Waals surface area contributed by atoms with Crippen LogP contribution >= 0.6 is 0 Å². The molecule has 78 heavy (non-hydrogen) atoms. The van der Waals surface area contributed by atoms with E-state index in [4.69, 9.17) is 13.8 Å². The predicted octanol–water partition coefficient (Wildman–Crippen LogP) is 17.9. The van der Waals surface area contributed by atoms with Gasteiger partial charge in [0, 0.05) is 49.8 Å². The molecule has 5 nitrogen and oxygen atoms in total. The van der Waals surface area contributed by atoms with E-state index in [2.05, 4.69) is 181 Å². The van der Waals surface area contributed by atoms with E-state index in [9.17, 15) is 2.74 Å². The van der Waals surface area contributed by atoms with Gasteiger partial charge in [-0.25, -0.2) is 4.98 Å². The molecule has 0 atom stereocenters. The second-order valence-electron chi connectivity index (χ2n) is 23.0. The third-order valence-electron chi connectivity index (χ3n) is 16.3. The monoisotopic (exact) mass is 1190 g/mol. The minimum Gasteiger partial charge on any atom is -0.510 e. The van der Waals surface area contributed by atoms with E-state index in [1.807, 2.05) is 69.9 Å². The van der Waals surface area contributed by atoms with E-state index in [1.165, 1.54) is 16.7 Å². The molecule has 0 fully saturated rings. The Bertz CT molecular complexity index is 4650. The van der Waals surface area contributed by atoms with Gasteiger partial charge in [0.2, 0.25) is 0 Å². The first kappa shape index (κ1) is 43.9.